The summed E-state index contributed by atoms with van der Waals surface area (Å²) in [6.07, 6.45) is 7.64. The molecule has 0 atom stereocenters. The summed E-state index contributed by atoms with van der Waals surface area (Å²) in [6.45, 7) is 3.08. The Hall–Kier alpha value is -2.45. The molecule has 1 saturated heterocycles. The summed E-state index contributed by atoms with van der Waals surface area (Å²) >= 11 is 1.63. The van der Waals surface area contributed by atoms with Crippen LogP contribution in [0.4, 0.5) is 5.69 Å². The number of rotatable bonds is 7. The zero-order valence-corrected chi connectivity index (χ0v) is 16.5. The number of piperidine rings is 1. The molecule has 8 heteroatoms. The van der Waals surface area contributed by atoms with Gasteiger partial charge in [-0.1, -0.05) is 18.6 Å². The third-order valence-corrected chi connectivity index (χ3v) is 5.98. The maximum Gasteiger partial charge on any atom is 0.225 e. The number of carbonyl (C=O) groups excluding carboxylic acids is 1. The molecule has 0 spiro atoms. The van der Waals surface area contributed by atoms with Crippen molar-refractivity contribution >= 4 is 34.4 Å². The van der Waals surface area contributed by atoms with Crippen molar-refractivity contribution in [3.63, 3.8) is 0 Å². The van der Waals surface area contributed by atoms with Crippen molar-refractivity contribution in [3.8, 4) is 0 Å². The molecule has 3 heterocycles. The summed E-state index contributed by atoms with van der Waals surface area (Å²) in [5, 5.41) is 11.7. The molecule has 0 bridgehead atoms. The number of carbonyl (C=O) groups is 1. The molecule has 3 aromatic rings. The first-order valence-electron chi connectivity index (χ1n) is 9.66. The Balaban J connectivity index is 1.31. The van der Waals surface area contributed by atoms with E-state index in [9.17, 15) is 4.79 Å². The van der Waals surface area contributed by atoms with Crippen LogP contribution in [-0.2, 0) is 10.5 Å². The quantitative estimate of drug-likeness (QED) is 0.470. The smallest absolute Gasteiger partial charge is 0.225 e. The number of aromatic nitrogens is 4. The molecule has 7 nitrogen and oxygen atoms in total. The van der Waals surface area contributed by atoms with Crippen LogP contribution in [-0.4, -0.2) is 50.6 Å². The lowest BCUT2D eigenvalue weighted by Gasteiger charge is -2.25. The minimum atomic E-state index is 0.0753. The minimum Gasteiger partial charge on any atom is -0.326 e. The maximum absolute atomic E-state index is 12.3. The van der Waals surface area contributed by atoms with Gasteiger partial charge < -0.3 is 10.2 Å². The lowest BCUT2D eigenvalue weighted by atomic mass is 10.1. The summed E-state index contributed by atoms with van der Waals surface area (Å²) < 4.78 is 0. The van der Waals surface area contributed by atoms with Gasteiger partial charge in [0.05, 0.1) is 11.6 Å². The van der Waals surface area contributed by atoms with Crippen LogP contribution in [0.15, 0.2) is 41.8 Å². The Morgan fingerprint density at radius 3 is 3.00 bits per heavy atom. The number of nitrogens with one attached hydrogen (secondary N) is 2. The molecule has 28 heavy (non-hydrogen) atoms. The molecular weight excluding hydrogens is 372 g/mol. The molecule has 0 aliphatic carbocycles. The van der Waals surface area contributed by atoms with E-state index in [1.54, 1.807) is 24.3 Å². The highest BCUT2D eigenvalue weighted by atomic mass is 32.2. The van der Waals surface area contributed by atoms with Crippen molar-refractivity contribution in [3.05, 3.63) is 42.4 Å². The SMILES string of the molecule is O=C(CCN1CCCCC1)Nc1cccc(CSc2ncnc3[nH]ncc23)c1. The van der Waals surface area contributed by atoms with Gasteiger partial charge in [-0.25, -0.2) is 9.97 Å². The van der Waals surface area contributed by atoms with Crippen molar-refractivity contribution in [2.45, 2.75) is 36.5 Å². The molecule has 1 fully saturated rings. The first-order chi connectivity index (χ1) is 13.8. The first kappa shape index (κ1) is 18.9. The number of likely N-dealkylation sites (tertiary alicyclic amines) is 1. The zero-order chi connectivity index (χ0) is 19.2. The number of amides is 1. The standard InChI is InChI=1S/C20H24N6OS/c27-18(7-10-26-8-2-1-3-9-26)24-16-6-4-5-15(11-16)13-28-20-17-12-23-25-19(17)21-14-22-20/h4-6,11-12,14H,1-3,7-10,13H2,(H,24,27)(H,21,22,23,25). The van der Waals surface area contributed by atoms with E-state index in [2.05, 4.69) is 36.4 Å². The van der Waals surface area contributed by atoms with Crippen LogP contribution in [0.3, 0.4) is 0 Å². The van der Waals surface area contributed by atoms with Crippen molar-refractivity contribution in [2.24, 2.45) is 0 Å². The van der Waals surface area contributed by atoms with Gasteiger partial charge in [0.25, 0.3) is 0 Å². The average Bonchev–Trinajstić information content (AvgIpc) is 3.21. The van der Waals surface area contributed by atoms with Gasteiger partial charge in [-0.05, 0) is 43.6 Å². The van der Waals surface area contributed by atoms with E-state index in [1.807, 2.05) is 18.2 Å². The summed E-state index contributed by atoms with van der Waals surface area (Å²) in [5.41, 5.74) is 2.72. The number of benzene rings is 1. The summed E-state index contributed by atoms with van der Waals surface area (Å²) in [5.74, 6) is 0.834. The van der Waals surface area contributed by atoms with Gasteiger partial charge in [-0.3, -0.25) is 9.89 Å². The molecule has 4 rings (SSSR count). The molecule has 2 aromatic heterocycles. The summed E-state index contributed by atoms with van der Waals surface area (Å²) in [6, 6.07) is 8.00. The second-order valence-electron chi connectivity index (χ2n) is 7.00. The third kappa shape index (κ3) is 4.88. The number of hydrogen-bond acceptors (Lipinski definition) is 6. The molecule has 0 unspecified atom stereocenters. The minimum absolute atomic E-state index is 0.0753. The van der Waals surface area contributed by atoms with E-state index in [1.165, 1.54) is 19.3 Å². The fourth-order valence-corrected chi connectivity index (χ4v) is 4.32. The molecule has 0 saturated carbocycles. The molecule has 2 N–H and O–H groups in total. The van der Waals surface area contributed by atoms with Crippen LogP contribution in [0.1, 0.15) is 31.2 Å². The van der Waals surface area contributed by atoms with Gasteiger partial charge in [0.1, 0.15) is 11.4 Å². The van der Waals surface area contributed by atoms with Crippen LogP contribution in [0.2, 0.25) is 0 Å². The van der Waals surface area contributed by atoms with Crippen LogP contribution < -0.4 is 5.32 Å². The second-order valence-corrected chi connectivity index (χ2v) is 7.96. The van der Waals surface area contributed by atoms with E-state index in [-0.39, 0.29) is 5.91 Å². The van der Waals surface area contributed by atoms with Crippen molar-refractivity contribution in [1.29, 1.82) is 0 Å². The highest BCUT2D eigenvalue weighted by Gasteiger charge is 2.12. The second kappa shape index (κ2) is 9.16. The lowest BCUT2D eigenvalue weighted by molar-refractivity contribution is -0.116. The number of aromatic amines is 1. The molecule has 1 aromatic carbocycles. The lowest BCUT2D eigenvalue weighted by Crippen LogP contribution is -2.32. The van der Waals surface area contributed by atoms with Gasteiger partial charge in [-0.15, -0.1) is 11.8 Å². The van der Waals surface area contributed by atoms with E-state index >= 15 is 0 Å². The molecule has 1 amide bonds. The highest BCUT2D eigenvalue weighted by molar-refractivity contribution is 7.98. The Kier molecular flexibility index (Phi) is 6.18. The Bertz CT molecular complexity index is 937. The number of fused-ring (bicyclic) bond motifs is 1. The average molecular weight is 397 g/mol. The monoisotopic (exact) mass is 396 g/mol. The van der Waals surface area contributed by atoms with Gasteiger partial charge >= 0.3 is 0 Å². The van der Waals surface area contributed by atoms with Gasteiger partial charge in [0.2, 0.25) is 5.91 Å². The van der Waals surface area contributed by atoms with Gasteiger partial charge in [0, 0.05) is 24.4 Å². The van der Waals surface area contributed by atoms with Gasteiger partial charge in [0.15, 0.2) is 5.65 Å². The topological polar surface area (TPSA) is 86.8 Å². The van der Waals surface area contributed by atoms with Crippen LogP contribution in [0, 0.1) is 0 Å². The van der Waals surface area contributed by atoms with E-state index < -0.39 is 0 Å². The predicted molar refractivity (Wildman–Crippen MR) is 111 cm³/mol. The van der Waals surface area contributed by atoms with Crippen molar-refractivity contribution in [1.82, 2.24) is 25.1 Å². The van der Waals surface area contributed by atoms with Crippen molar-refractivity contribution < 1.29 is 4.79 Å². The fourth-order valence-electron chi connectivity index (χ4n) is 3.41. The van der Waals surface area contributed by atoms with Crippen LogP contribution in [0.5, 0.6) is 0 Å². The van der Waals surface area contributed by atoms with E-state index in [0.29, 0.717) is 6.42 Å². The highest BCUT2D eigenvalue weighted by Crippen LogP contribution is 2.27. The predicted octanol–water partition coefficient (Wildman–Crippen LogP) is 3.46. The molecule has 0 radical (unpaired) electrons. The van der Waals surface area contributed by atoms with Crippen molar-refractivity contribution in [2.75, 3.05) is 25.0 Å². The molecule has 1 aliphatic heterocycles. The number of anilines is 1. The number of nitrogens with zero attached hydrogens (tertiary/aromatic N) is 4. The van der Waals surface area contributed by atoms with Gasteiger partial charge in [-0.2, -0.15) is 5.10 Å². The summed E-state index contributed by atoms with van der Waals surface area (Å²) in [4.78, 5) is 23.2. The molecular formula is C20H24N6OS. The zero-order valence-electron chi connectivity index (χ0n) is 15.7. The fraction of sp³-hybridized carbons (Fsp3) is 0.400. The summed E-state index contributed by atoms with van der Waals surface area (Å²) in [7, 11) is 0. The largest absolute Gasteiger partial charge is 0.326 e. The normalized spacial score (nSPS) is 15.0. The number of H-pyrrole nitrogens is 1. The number of hydrogen-bond donors (Lipinski definition) is 2. The molecule has 146 valence electrons. The Morgan fingerprint density at radius 2 is 2.11 bits per heavy atom. The maximum atomic E-state index is 12.3. The first-order valence-corrected chi connectivity index (χ1v) is 10.6. The number of thioether (sulfide) groups is 1. The van der Waals surface area contributed by atoms with Crippen LogP contribution in [0.25, 0.3) is 11.0 Å². The third-order valence-electron chi connectivity index (χ3n) is 4.90. The Morgan fingerprint density at radius 1 is 1.21 bits per heavy atom. The van der Waals surface area contributed by atoms with E-state index in [0.717, 1.165) is 52.7 Å². The van der Waals surface area contributed by atoms with E-state index in [4.69, 9.17) is 0 Å². The molecule has 1 aliphatic rings. The van der Waals surface area contributed by atoms with Crippen LogP contribution >= 0.6 is 11.8 Å². The Labute approximate surface area is 168 Å².